The first-order valence-electron chi connectivity index (χ1n) is 8.71. The fourth-order valence-corrected chi connectivity index (χ4v) is 1.75. The molecule has 0 aromatic carbocycles. The first-order chi connectivity index (χ1) is 9.97. The third-order valence-corrected chi connectivity index (χ3v) is 2.92. The van der Waals surface area contributed by atoms with Crippen molar-refractivity contribution in [2.24, 2.45) is 0 Å². The first-order valence-corrected chi connectivity index (χ1v) is 8.71. The smallest absolute Gasteiger partial charge is 0.228 e. The third-order valence-electron chi connectivity index (χ3n) is 2.92. The van der Waals surface area contributed by atoms with Crippen molar-refractivity contribution >= 4 is 0 Å². The van der Waals surface area contributed by atoms with E-state index in [1.807, 2.05) is 48.5 Å². The highest BCUT2D eigenvalue weighted by Gasteiger charge is 2.33. The molecule has 134 valence electrons. The van der Waals surface area contributed by atoms with Gasteiger partial charge in [0.25, 0.3) is 0 Å². The van der Waals surface area contributed by atoms with Crippen LogP contribution in [0.4, 0.5) is 0 Å². The number of unbranched alkanes of at least 4 members (excludes halogenated alkanes) is 5. The van der Waals surface area contributed by atoms with E-state index in [2.05, 4.69) is 6.92 Å². The van der Waals surface area contributed by atoms with Crippen molar-refractivity contribution in [2.75, 3.05) is 0 Å². The van der Waals surface area contributed by atoms with Crippen molar-refractivity contribution in [3.8, 4) is 0 Å². The van der Waals surface area contributed by atoms with Gasteiger partial charge >= 0.3 is 0 Å². The van der Waals surface area contributed by atoms with Crippen LogP contribution in [0.3, 0.4) is 0 Å². The third kappa shape index (κ3) is 13.5. The van der Waals surface area contributed by atoms with E-state index in [1.165, 1.54) is 32.1 Å². The predicted octanol–water partition coefficient (Wildman–Crippen LogP) is 5.95. The molecule has 0 radical (unpaired) electrons. The van der Waals surface area contributed by atoms with Crippen molar-refractivity contribution in [1.29, 1.82) is 0 Å². The van der Waals surface area contributed by atoms with E-state index in [-0.39, 0.29) is 11.2 Å². The Hall–Kier alpha value is -0.160. The van der Waals surface area contributed by atoms with Crippen LogP contribution in [0.15, 0.2) is 0 Å². The highest BCUT2D eigenvalue weighted by molar-refractivity contribution is 4.63. The average Bonchev–Trinajstić information content (AvgIpc) is 2.37. The Morgan fingerprint density at radius 1 is 0.545 bits per heavy atom. The number of hydrogen-bond acceptors (Lipinski definition) is 4. The minimum Gasteiger partial charge on any atom is -0.228 e. The van der Waals surface area contributed by atoms with E-state index < -0.39 is 5.79 Å². The van der Waals surface area contributed by atoms with E-state index >= 15 is 0 Å². The normalized spacial score (nSPS) is 13.6. The molecule has 0 saturated carbocycles. The Labute approximate surface area is 137 Å². The van der Waals surface area contributed by atoms with Gasteiger partial charge in [0.2, 0.25) is 5.79 Å². The molecule has 0 amide bonds. The topological polar surface area (TPSA) is 36.9 Å². The second-order valence-corrected chi connectivity index (χ2v) is 8.21. The molecule has 4 heteroatoms. The van der Waals surface area contributed by atoms with Gasteiger partial charge in [-0.05, 0) is 54.9 Å². The first kappa shape index (κ1) is 21.8. The second kappa shape index (κ2) is 9.86. The van der Waals surface area contributed by atoms with Gasteiger partial charge in [0.15, 0.2) is 0 Å². The van der Waals surface area contributed by atoms with Crippen LogP contribution in [0, 0.1) is 0 Å². The summed E-state index contributed by atoms with van der Waals surface area (Å²) in [6.07, 6.45) is 8.07. The molecule has 0 aliphatic carbocycles. The molecule has 0 fully saturated rings. The van der Waals surface area contributed by atoms with Crippen LogP contribution in [-0.2, 0) is 19.6 Å². The molecule has 0 rings (SSSR count). The summed E-state index contributed by atoms with van der Waals surface area (Å²) in [4.78, 5) is 22.0. The molecule has 0 N–H and O–H groups in total. The average molecular weight is 318 g/mol. The number of hydrogen-bond donors (Lipinski definition) is 0. The van der Waals surface area contributed by atoms with Crippen LogP contribution in [0.25, 0.3) is 0 Å². The zero-order valence-electron chi connectivity index (χ0n) is 16.1. The lowest BCUT2D eigenvalue weighted by Crippen LogP contribution is -2.38. The van der Waals surface area contributed by atoms with Crippen LogP contribution in [0.1, 0.15) is 100 Å². The summed E-state index contributed by atoms with van der Waals surface area (Å²) in [5.41, 5.74) is -0.763. The molecule has 0 aliphatic heterocycles. The summed E-state index contributed by atoms with van der Waals surface area (Å²) in [5, 5.41) is 0. The molecule has 0 saturated heterocycles. The van der Waals surface area contributed by atoms with Crippen LogP contribution < -0.4 is 0 Å². The summed E-state index contributed by atoms with van der Waals surface area (Å²) < 4.78 is 0. The lowest BCUT2D eigenvalue weighted by molar-refractivity contribution is -0.537. The zero-order valence-corrected chi connectivity index (χ0v) is 16.1. The van der Waals surface area contributed by atoms with Crippen molar-refractivity contribution in [3.63, 3.8) is 0 Å². The molecule has 0 spiro atoms. The van der Waals surface area contributed by atoms with Crippen molar-refractivity contribution in [1.82, 2.24) is 0 Å². The van der Waals surface area contributed by atoms with Crippen LogP contribution >= 0.6 is 0 Å². The van der Waals surface area contributed by atoms with Gasteiger partial charge < -0.3 is 0 Å². The summed E-state index contributed by atoms with van der Waals surface area (Å²) in [7, 11) is 0. The predicted molar refractivity (Wildman–Crippen MR) is 90.2 cm³/mol. The minimum absolute atomic E-state index is 0.381. The summed E-state index contributed by atoms with van der Waals surface area (Å²) >= 11 is 0. The summed E-state index contributed by atoms with van der Waals surface area (Å²) in [6, 6.07) is 0. The molecular weight excluding hydrogens is 280 g/mol. The quantitative estimate of drug-likeness (QED) is 0.204. The highest BCUT2D eigenvalue weighted by Crippen LogP contribution is 2.27. The van der Waals surface area contributed by atoms with E-state index in [4.69, 9.17) is 19.6 Å². The molecule has 0 unspecified atom stereocenters. The molecule has 22 heavy (non-hydrogen) atoms. The fourth-order valence-electron chi connectivity index (χ4n) is 1.75. The molecule has 0 aromatic rings. The van der Waals surface area contributed by atoms with Crippen LogP contribution in [-0.4, -0.2) is 17.0 Å². The fraction of sp³-hybridized carbons (Fsp3) is 1.00. The molecule has 0 heterocycles. The largest absolute Gasteiger partial charge is 0.231 e. The van der Waals surface area contributed by atoms with Gasteiger partial charge in [-0.1, -0.05) is 39.0 Å². The van der Waals surface area contributed by atoms with E-state index in [9.17, 15) is 0 Å². The molecule has 0 aromatic heterocycles. The zero-order chi connectivity index (χ0) is 17.3. The monoisotopic (exact) mass is 318 g/mol. The Kier molecular flexibility index (Phi) is 9.79. The lowest BCUT2D eigenvalue weighted by Gasteiger charge is -2.32. The van der Waals surface area contributed by atoms with E-state index in [1.54, 1.807) is 0 Å². The maximum atomic E-state index is 5.57. The van der Waals surface area contributed by atoms with E-state index in [0.717, 1.165) is 12.8 Å². The Bertz CT molecular complexity index is 258. The summed E-state index contributed by atoms with van der Waals surface area (Å²) in [5.74, 6) is -0.884. The van der Waals surface area contributed by atoms with Gasteiger partial charge in [-0.15, -0.1) is 0 Å². The lowest BCUT2D eigenvalue weighted by atomic mass is 10.1. The van der Waals surface area contributed by atoms with Gasteiger partial charge in [0.05, 0.1) is 11.2 Å². The minimum atomic E-state index is -0.884. The molecule has 0 aliphatic rings. The van der Waals surface area contributed by atoms with Crippen molar-refractivity contribution in [2.45, 2.75) is 117 Å². The maximum absolute atomic E-state index is 5.57. The van der Waals surface area contributed by atoms with Gasteiger partial charge in [-0.2, -0.15) is 9.78 Å². The summed E-state index contributed by atoms with van der Waals surface area (Å²) in [6.45, 7) is 15.8. The molecule has 4 nitrogen and oxygen atoms in total. The number of rotatable bonds is 11. The molecule has 0 bridgehead atoms. The SMILES string of the molecule is CCCCCCCCC(C)(OOC(C)(C)C)OOC(C)(C)C. The van der Waals surface area contributed by atoms with Crippen molar-refractivity contribution in [3.05, 3.63) is 0 Å². The van der Waals surface area contributed by atoms with E-state index in [0.29, 0.717) is 0 Å². The van der Waals surface area contributed by atoms with Gasteiger partial charge in [-0.25, -0.2) is 9.78 Å². The van der Waals surface area contributed by atoms with Gasteiger partial charge in [-0.3, -0.25) is 0 Å². The highest BCUT2D eigenvalue weighted by atomic mass is 17.3. The standard InChI is InChI=1S/C18H38O4/c1-9-10-11-12-13-14-15-18(8,21-19-16(2,3)4)22-20-17(5,6)7/h9-15H2,1-8H3. The van der Waals surface area contributed by atoms with Gasteiger partial charge in [0.1, 0.15) is 0 Å². The van der Waals surface area contributed by atoms with Crippen LogP contribution in [0.2, 0.25) is 0 Å². The molecular formula is C18H38O4. The van der Waals surface area contributed by atoms with Gasteiger partial charge in [0, 0.05) is 6.42 Å². The van der Waals surface area contributed by atoms with Crippen LogP contribution in [0.5, 0.6) is 0 Å². The van der Waals surface area contributed by atoms with Crippen molar-refractivity contribution < 1.29 is 19.6 Å². The Balaban J connectivity index is 4.32. The Morgan fingerprint density at radius 2 is 0.955 bits per heavy atom. The molecule has 0 atom stereocenters. The second-order valence-electron chi connectivity index (χ2n) is 8.21. The maximum Gasteiger partial charge on any atom is 0.231 e. The Morgan fingerprint density at radius 3 is 1.36 bits per heavy atom.